The van der Waals surface area contributed by atoms with Gasteiger partial charge in [0, 0.05) is 5.69 Å². The minimum absolute atomic E-state index is 0.103. The highest BCUT2D eigenvalue weighted by Gasteiger charge is 2.53. The van der Waals surface area contributed by atoms with E-state index in [2.05, 4.69) is 4.98 Å². The van der Waals surface area contributed by atoms with Crippen molar-refractivity contribution in [3.05, 3.63) is 71.1 Å². The maximum Gasteiger partial charge on any atom is 0.295 e. The van der Waals surface area contributed by atoms with Crippen LogP contribution >= 0.6 is 0 Å². The first-order valence-electron chi connectivity index (χ1n) is 9.96. The summed E-state index contributed by atoms with van der Waals surface area (Å²) >= 11 is 0. The maximum atomic E-state index is 14.0. The first-order chi connectivity index (χ1) is 14.0. The molecule has 6 heteroatoms. The maximum absolute atomic E-state index is 14.0. The number of nitrogens with zero attached hydrogens (tertiary/aromatic N) is 2. The summed E-state index contributed by atoms with van der Waals surface area (Å²) in [5, 5.41) is 0. The molecule has 4 atom stereocenters. The van der Waals surface area contributed by atoms with Crippen molar-refractivity contribution in [1.29, 1.82) is 0 Å². The second kappa shape index (κ2) is 6.79. The van der Waals surface area contributed by atoms with E-state index in [9.17, 15) is 14.0 Å². The molecule has 3 aliphatic rings. The number of Topliss-reactive ketones (excluding diaryl/α,β-unsaturated/α-hetero) is 1. The molecule has 1 aliphatic carbocycles. The Balaban J connectivity index is 1.65. The molecule has 1 amide bonds. The number of hydrogen-bond donors (Lipinski definition) is 0. The van der Waals surface area contributed by atoms with Gasteiger partial charge in [0.1, 0.15) is 18.1 Å². The van der Waals surface area contributed by atoms with Gasteiger partial charge in [0.25, 0.3) is 5.91 Å². The van der Waals surface area contributed by atoms with Crippen molar-refractivity contribution in [3.8, 4) is 0 Å². The fourth-order valence-electron chi connectivity index (χ4n) is 4.67. The van der Waals surface area contributed by atoms with Gasteiger partial charge in [-0.2, -0.15) is 0 Å². The van der Waals surface area contributed by atoms with Gasteiger partial charge < -0.3 is 4.74 Å². The minimum Gasteiger partial charge on any atom is -0.483 e. The number of carbonyl (C=O) groups excluding carboxylic acids is 2. The molecule has 148 valence electrons. The lowest BCUT2D eigenvalue weighted by molar-refractivity contribution is -0.133. The van der Waals surface area contributed by atoms with Gasteiger partial charge in [0.15, 0.2) is 11.5 Å². The Labute approximate surface area is 168 Å². The van der Waals surface area contributed by atoms with Crippen molar-refractivity contribution >= 4 is 17.5 Å². The lowest BCUT2D eigenvalue weighted by Crippen LogP contribution is -2.42. The number of aryl methyl sites for hydroxylation is 1. The molecule has 3 heterocycles. The van der Waals surface area contributed by atoms with Crippen LogP contribution in [0.1, 0.15) is 36.6 Å². The van der Waals surface area contributed by atoms with E-state index in [1.807, 2.05) is 49.4 Å². The summed E-state index contributed by atoms with van der Waals surface area (Å²) in [5.41, 5.74) is 1.91. The van der Waals surface area contributed by atoms with Gasteiger partial charge >= 0.3 is 0 Å². The average molecular weight is 392 g/mol. The second-order valence-electron chi connectivity index (χ2n) is 7.91. The third-order valence-corrected chi connectivity index (χ3v) is 6.02. The monoisotopic (exact) mass is 392 g/mol. The van der Waals surface area contributed by atoms with Gasteiger partial charge in [0.2, 0.25) is 0 Å². The first kappa shape index (κ1) is 18.0. The SMILES string of the molecule is Cc1cccc(N2C(=O)C3=C(C(=O)C4CC(F)CCC4O3)C2c2ccccc2)n1. The van der Waals surface area contributed by atoms with Gasteiger partial charge in [-0.15, -0.1) is 0 Å². The number of alkyl halides is 1. The molecule has 0 bridgehead atoms. The van der Waals surface area contributed by atoms with Crippen molar-refractivity contribution in [1.82, 2.24) is 4.98 Å². The number of ketones is 1. The molecule has 0 spiro atoms. The van der Waals surface area contributed by atoms with Crippen LogP contribution in [0.4, 0.5) is 10.2 Å². The highest BCUT2D eigenvalue weighted by molar-refractivity contribution is 6.17. The molecule has 0 saturated heterocycles. The van der Waals surface area contributed by atoms with E-state index in [0.717, 1.165) is 11.3 Å². The Kier molecular flexibility index (Phi) is 4.23. The predicted octanol–water partition coefficient (Wildman–Crippen LogP) is 3.84. The summed E-state index contributed by atoms with van der Waals surface area (Å²) in [6.07, 6.45) is -0.484. The number of fused-ring (bicyclic) bond motifs is 1. The summed E-state index contributed by atoms with van der Waals surface area (Å²) in [6, 6.07) is 14.2. The lowest BCUT2D eigenvalue weighted by Gasteiger charge is -2.36. The van der Waals surface area contributed by atoms with Gasteiger partial charge in [-0.25, -0.2) is 9.37 Å². The van der Waals surface area contributed by atoms with Gasteiger partial charge in [0.05, 0.1) is 17.5 Å². The molecule has 1 aromatic heterocycles. The number of rotatable bonds is 2. The van der Waals surface area contributed by atoms with Gasteiger partial charge in [-0.3, -0.25) is 14.5 Å². The van der Waals surface area contributed by atoms with Crippen LogP contribution in [0, 0.1) is 12.8 Å². The number of aromatic nitrogens is 1. The van der Waals surface area contributed by atoms with E-state index >= 15 is 0 Å². The number of halogens is 1. The fourth-order valence-corrected chi connectivity index (χ4v) is 4.67. The molecule has 2 aliphatic heterocycles. The normalized spacial score (nSPS) is 28.8. The summed E-state index contributed by atoms with van der Waals surface area (Å²) < 4.78 is 20.1. The van der Waals surface area contributed by atoms with Gasteiger partial charge in [-0.1, -0.05) is 36.4 Å². The standard InChI is InChI=1S/C23H21FN2O3/c1-13-6-5-9-18(25-13)26-20(14-7-3-2-4-8-14)19-21(27)16-12-15(24)10-11-17(16)29-22(19)23(26)28/h2-9,15-17,20H,10-12H2,1H3. The predicted molar refractivity (Wildman–Crippen MR) is 105 cm³/mol. The van der Waals surface area contributed by atoms with Crippen LogP contribution < -0.4 is 4.90 Å². The molecule has 4 unspecified atom stereocenters. The zero-order valence-corrected chi connectivity index (χ0v) is 16.0. The summed E-state index contributed by atoms with van der Waals surface area (Å²) in [6.45, 7) is 1.85. The summed E-state index contributed by atoms with van der Waals surface area (Å²) in [4.78, 5) is 32.9. The van der Waals surface area contributed by atoms with Crippen molar-refractivity contribution in [2.45, 2.75) is 44.5 Å². The Hall–Kier alpha value is -3.02. The quantitative estimate of drug-likeness (QED) is 0.779. The summed E-state index contributed by atoms with van der Waals surface area (Å²) in [5.74, 6) is -0.495. The number of anilines is 1. The Bertz CT molecular complexity index is 1020. The molecule has 5 nitrogen and oxygen atoms in total. The number of pyridine rings is 1. The Morgan fingerprint density at radius 1 is 1.07 bits per heavy atom. The van der Waals surface area contributed by atoms with E-state index in [0.29, 0.717) is 24.2 Å². The number of amides is 1. The number of hydrogen-bond acceptors (Lipinski definition) is 4. The van der Waals surface area contributed by atoms with E-state index in [4.69, 9.17) is 4.74 Å². The zero-order valence-electron chi connectivity index (χ0n) is 16.0. The van der Waals surface area contributed by atoms with Crippen LogP contribution in [0.2, 0.25) is 0 Å². The van der Waals surface area contributed by atoms with Crippen LogP contribution in [0.5, 0.6) is 0 Å². The van der Waals surface area contributed by atoms with E-state index in [-0.39, 0.29) is 23.9 Å². The average Bonchev–Trinajstić information content (AvgIpc) is 3.02. The van der Waals surface area contributed by atoms with Crippen LogP contribution in [0.3, 0.4) is 0 Å². The van der Waals surface area contributed by atoms with Crippen LogP contribution in [0.25, 0.3) is 0 Å². The molecule has 0 radical (unpaired) electrons. The molecule has 2 aromatic rings. The highest BCUT2D eigenvalue weighted by atomic mass is 19.1. The minimum atomic E-state index is -1.01. The van der Waals surface area contributed by atoms with Crippen molar-refractivity contribution in [2.24, 2.45) is 5.92 Å². The van der Waals surface area contributed by atoms with Crippen molar-refractivity contribution in [3.63, 3.8) is 0 Å². The number of carbonyl (C=O) groups is 2. The molecule has 29 heavy (non-hydrogen) atoms. The van der Waals surface area contributed by atoms with Crippen LogP contribution in [-0.2, 0) is 14.3 Å². The molecular formula is C23H21FN2O3. The van der Waals surface area contributed by atoms with E-state index in [1.165, 1.54) is 4.90 Å². The second-order valence-corrected chi connectivity index (χ2v) is 7.91. The number of ether oxygens (including phenoxy) is 1. The molecule has 1 fully saturated rings. The van der Waals surface area contributed by atoms with E-state index in [1.54, 1.807) is 6.07 Å². The number of benzene rings is 1. The Morgan fingerprint density at radius 3 is 2.62 bits per heavy atom. The van der Waals surface area contributed by atoms with Crippen molar-refractivity contribution < 1.29 is 18.7 Å². The van der Waals surface area contributed by atoms with Crippen LogP contribution in [0.15, 0.2) is 59.9 Å². The highest BCUT2D eigenvalue weighted by Crippen LogP contribution is 2.48. The fraction of sp³-hybridized carbons (Fsp3) is 0.348. The first-order valence-corrected chi connectivity index (χ1v) is 9.96. The summed E-state index contributed by atoms with van der Waals surface area (Å²) in [7, 11) is 0. The Morgan fingerprint density at radius 2 is 1.86 bits per heavy atom. The third-order valence-electron chi connectivity index (χ3n) is 6.02. The van der Waals surface area contributed by atoms with E-state index < -0.39 is 24.2 Å². The van der Waals surface area contributed by atoms with Crippen LogP contribution in [-0.4, -0.2) is 29.0 Å². The molecule has 0 N–H and O–H groups in total. The van der Waals surface area contributed by atoms with Gasteiger partial charge in [-0.05, 0) is 43.9 Å². The lowest BCUT2D eigenvalue weighted by atomic mass is 9.77. The molecule has 1 saturated carbocycles. The molecule has 1 aromatic carbocycles. The smallest absolute Gasteiger partial charge is 0.295 e. The molecular weight excluding hydrogens is 371 g/mol. The zero-order chi connectivity index (χ0) is 20.1. The topological polar surface area (TPSA) is 59.5 Å². The molecule has 5 rings (SSSR count). The van der Waals surface area contributed by atoms with Crippen molar-refractivity contribution in [2.75, 3.05) is 4.90 Å². The third kappa shape index (κ3) is 2.85. The largest absolute Gasteiger partial charge is 0.483 e.